The molecular weight excluding hydrogens is 1230 g/mol. The van der Waals surface area contributed by atoms with Gasteiger partial charge in [0.25, 0.3) is 0 Å². The maximum Gasteiger partial charge on any atom is 0.0159 e. The number of hydrogen-bond acceptors (Lipinski definition) is 0. The largest absolute Gasteiger partial charge is 0.0622 e. The van der Waals surface area contributed by atoms with Gasteiger partial charge in [-0.15, -0.1) is 0 Å². The van der Waals surface area contributed by atoms with E-state index in [-0.39, 0.29) is 32.5 Å². The highest BCUT2D eigenvalue weighted by Gasteiger charge is 2.43. The quantitative estimate of drug-likeness (QED) is 0.149. The zero-order valence-electron chi connectivity index (χ0n) is 60.6. The molecule has 0 aromatic heterocycles. The van der Waals surface area contributed by atoms with Crippen LogP contribution < -0.4 is 0 Å². The predicted octanol–water partition coefficient (Wildman–Crippen LogP) is 27.2. The molecule has 0 atom stereocenters. The molecule has 0 amide bonds. The second kappa shape index (κ2) is 20.9. The summed E-state index contributed by atoms with van der Waals surface area (Å²) in [5.74, 6) is 0. The first kappa shape index (κ1) is 61.0. The lowest BCUT2D eigenvalue weighted by atomic mass is 9.79. The van der Waals surface area contributed by atoms with Crippen LogP contribution in [0, 0.1) is 0 Å². The normalized spacial score (nSPS) is 16.3. The van der Waals surface area contributed by atoms with Crippen LogP contribution in [0.1, 0.15) is 150 Å². The summed E-state index contributed by atoms with van der Waals surface area (Å²) in [7, 11) is 0. The topological polar surface area (TPSA) is 0 Å². The van der Waals surface area contributed by atoms with Gasteiger partial charge >= 0.3 is 0 Å². The van der Waals surface area contributed by atoms with E-state index in [0.717, 1.165) is 0 Å². The van der Waals surface area contributed by atoms with Crippen molar-refractivity contribution in [3.8, 4) is 145 Å². The van der Waals surface area contributed by atoms with Crippen molar-refractivity contribution in [1.29, 1.82) is 0 Å². The fourth-order valence-electron chi connectivity index (χ4n) is 19.9. The van der Waals surface area contributed by atoms with Crippen LogP contribution in [0.3, 0.4) is 0 Å². The minimum Gasteiger partial charge on any atom is -0.0622 e. The van der Waals surface area contributed by atoms with Crippen molar-refractivity contribution >= 4 is 0 Å². The van der Waals surface area contributed by atoms with E-state index >= 15 is 0 Å². The highest BCUT2D eigenvalue weighted by Crippen LogP contribution is 2.58. The van der Waals surface area contributed by atoms with E-state index in [2.05, 4.69) is 362 Å². The zero-order valence-corrected chi connectivity index (χ0v) is 60.6. The van der Waals surface area contributed by atoms with Gasteiger partial charge in [-0.3, -0.25) is 0 Å². The summed E-state index contributed by atoms with van der Waals surface area (Å²) in [5, 5.41) is 0. The Balaban J connectivity index is 0.589. The standard InChI is InChI=1S/C102H82/c1-97(2)85-24-18-16-22-73(85)75-43-33-67(56-87(75)97)70-46-71(68-34-44-76-74-23-17-19-25-86(74)98(3,4)88(76)57-68)48-72(47-70)69-35-45-84-83-42-32-66(55-95(83)102(11,12)96(84)58-69)65-31-41-82-81-40-30-64(53-93(81)101(9,10)94(82)54-65)63-29-39-80-79-38-28-62(51-91(79)100(7,8)92(80)52-63)61-27-37-78-77-36-26-60(59-20-14-13-15-21-59)49-89(77)99(5,6)90(78)50-61/h13-58H,1-12H3. The van der Waals surface area contributed by atoms with Gasteiger partial charge in [0.2, 0.25) is 0 Å². The molecule has 0 spiro atoms. The monoisotopic (exact) mass is 1310 g/mol. The average Bonchev–Trinajstić information content (AvgIpc) is 1.58. The average molecular weight is 1310 g/mol. The van der Waals surface area contributed by atoms with Crippen LogP contribution in [0.2, 0.25) is 0 Å². The molecule has 0 saturated carbocycles. The van der Waals surface area contributed by atoms with Crippen LogP contribution in [-0.2, 0) is 32.5 Å². The molecule has 0 aliphatic heterocycles. The maximum absolute atomic E-state index is 2.51. The summed E-state index contributed by atoms with van der Waals surface area (Å²) in [4.78, 5) is 0. The second-order valence-electron chi connectivity index (χ2n) is 33.6. The summed E-state index contributed by atoms with van der Waals surface area (Å²) >= 11 is 0. The molecule has 14 aromatic carbocycles. The maximum atomic E-state index is 2.51. The third-order valence-corrected chi connectivity index (χ3v) is 25.9. The lowest BCUT2D eigenvalue weighted by Crippen LogP contribution is -2.16. The van der Waals surface area contributed by atoms with E-state index in [1.54, 1.807) is 0 Å². The van der Waals surface area contributed by atoms with Gasteiger partial charge in [0.15, 0.2) is 0 Å². The lowest BCUT2D eigenvalue weighted by molar-refractivity contribution is 0.659. The molecule has 0 fully saturated rings. The molecular formula is C102H82. The molecule has 0 heterocycles. The van der Waals surface area contributed by atoms with Crippen LogP contribution in [0.25, 0.3) is 145 Å². The summed E-state index contributed by atoms with van der Waals surface area (Å²) in [6, 6.07) is 108. The molecule has 0 bridgehead atoms. The smallest absolute Gasteiger partial charge is 0.0159 e. The van der Waals surface area contributed by atoms with Gasteiger partial charge in [0.05, 0.1) is 0 Å². The third-order valence-electron chi connectivity index (χ3n) is 25.9. The van der Waals surface area contributed by atoms with Gasteiger partial charge in [-0.25, -0.2) is 0 Å². The second-order valence-corrected chi connectivity index (χ2v) is 33.6. The molecule has 0 radical (unpaired) electrons. The van der Waals surface area contributed by atoms with Crippen molar-refractivity contribution < 1.29 is 0 Å². The summed E-state index contributed by atoms with van der Waals surface area (Å²) < 4.78 is 0. The minimum atomic E-state index is -0.234. The Bertz CT molecular complexity index is 5920. The zero-order chi connectivity index (χ0) is 69.5. The summed E-state index contributed by atoms with van der Waals surface area (Å²) in [5.41, 5.74) is 49.5. The highest BCUT2D eigenvalue weighted by atomic mass is 14.5. The molecule has 6 aliphatic rings. The summed E-state index contributed by atoms with van der Waals surface area (Å²) in [6.07, 6.45) is 0. The molecule has 14 aromatic rings. The van der Waals surface area contributed by atoms with Gasteiger partial charge in [-0.1, -0.05) is 283 Å². The van der Waals surface area contributed by atoms with Crippen LogP contribution in [0.15, 0.2) is 279 Å². The minimum absolute atomic E-state index is 0.101. The van der Waals surface area contributed by atoms with Gasteiger partial charge in [-0.2, -0.15) is 0 Å². The fourth-order valence-corrected chi connectivity index (χ4v) is 19.9. The number of fused-ring (bicyclic) bond motifs is 18. The Morgan fingerprint density at radius 2 is 0.275 bits per heavy atom. The van der Waals surface area contributed by atoms with Crippen LogP contribution in [-0.4, -0.2) is 0 Å². The number of hydrogen-bond donors (Lipinski definition) is 0. The molecule has 20 rings (SSSR count). The lowest BCUT2D eigenvalue weighted by Gasteiger charge is -2.24. The molecule has 0 unspecified atom stereocenters. The molecule has 0 heteroatoms. The van der Waals surface area contributed by atoms with E-state index < -0.39 is 0 Å². The van der Waals surface area contributed by atoms with Crippen LogP contribution >= 0.6 is 0 Å². The van der Waals surface area contributed by atoms with E-state index in [1.165, 1.54) is 211 Å². The van der Waals surface area contributed by atoms with Crippen molar-refractivity contribution in [2.24, 2.45) is 0 Å². The Kier molecular flexibility index (Phi) is 12.5. The first-order chi connectivity index (χ1) is 49.0. The Morgan fingerprint density at radius 3 is 0.490 bits per heavy atom. The molecule has 490 valence electrons. The molecule has 0 N–H and O–H groups in total. The van der Waals surface area contributed by atoms with Crippen molar-refractivity contribution in [3.05, 3.63) is 346 Å². The van der Waals surface area contributed by atoms with Crippen molar-refractivity contribution in [2.45, 2.75) is 116 Å². The van der Waals surface area contributed by atoms with Crippen molar-refractivity contribution in [2.75, 3.05) is 0 Å². The number of benzene rings is 14. The molecule has 6 aliphatic carbocycles. The molecule has 102 heavy (non-hydrogen) atoms. The molecule has 0 saturated heterocycles. The third kappa shape index (κ3) is 8.50. The van der Waals surface area contributed by atoms with E-state index in [0.29, 0.717) is 0 Å². The van der Waals surface area contributed by atoms with Crippen molar-refractivity contribution in [3.63, 3.8) is 0 Å². The Hall–Kier alpha value is -10.9. The number of rotatable bonds is 7. The summed E-state index contributed by atoms with van der Waals surface area (Å²) in [6.45, 7) is 29.0. The first-order valence-corrected chi connectivity index (χ1v) is 36.9. The van der Waals surface area contributed by atoms with E-state index in [4.69, 9.17) is 0 Å². The van der Waals surface area contributed by atoms with Crippen LogP contribution in [0.4, 0.5) is 0 Å². The van der Waals surface area contributed by atoms with Gasteiger partial charge in [-0.05, 0) is 290 Å². The fraction of sp³-hybridized carbons (Fsp3) is 0.176. The van der Waals surface area contributed by atoms with Gasteiger partial charge < -0.3 is 0 Å². The van der Waals surface area contributed by atoms with E-state index in [9.17, 15) is 0 Å². The van der Waals surface area contributed by atoms with Crippen molar-refractivity contribution in [1.82, 2.24) is 0 Å². The SMILES string of the molecule is CC1(C)c2ccccc2-c2ccc(-c3cc(-c4ccc5c(c4)C(C)(C)c4ccccc4-5)cc(-c4ccc5c(c4)C(C)(C)c4cc(-c6ccc7c(c6)C(C)(C)c6cc(-c8ccc9c(c8)C(C)(C)c8cc(-c%10ccc%11c(c%10)C(C)(C)c%10cc(-c%12ccccc%12)ccc%10-%11)ccc8-9)ccc6-7)ccc4-5)c3)cc21. The van der Waals surface area contributed by atoms with Gasteiger partial charge in [0, 0.05) is 32.5 Å². The Labute approximate surface area is 602 Å². The van der Waals surface area contributed by atoms with E-state index in [1.807, 2.05) is 0 Å². The Morgan fingerprint density at radius 1 is 0.118 bits per heavy atom. The highest BCUT2D eigenvalue weighted by molar-refractivity contribution is 5.95. The van der Waals surface area contributed by atoms with Crippen LogP contribution in [0.5, 0.6) is 0 Å². The molecule has 0 nitrogen and oxygen atoms in total. The van der Waals surface area contributed by atoms with Gasteiger partial charge in [0.1, 0.15) is 0 Å². The first-order valence-electron chi connectivity index (χ1n) is 36.9. The predicted molar refractivity (Wildman–Crippen MR) is 430 cm³/mol.